The average Bonchev–Trinajstić information content (AvgIpc) is 2.99. The van der Waals surface area contributed by atoms with Gasteiger partial charge in [-0.2, -0.15) is 5.10 Å². The predicted octanol–water partition coefficient (Wildman–Crippen LogP) is 1.45. The third-order valence-corrected chi connectivity index (χ3v) is 5.02. The summed E-state index contributed by atoms with van der Waals surface area (Å²) in [4.78, 5) is 12.4. The van der Waals surface area contributed by atoms with Gasteiger partial charge in [-0.15, -0.1) is 0 Å². The Bertz CT molecular complexity index is 1030. The summed E-state index contributed by atoms with van der Waals surface area (Å²) in [6, 6.07) is 11.7. The Balaban J connectivity index is 1.77. The molecule has 2 aromatic carbocycles. The molecule has 1 aromatic heterocycles. The molecule has 0 fully saturated rings. The van der Waals surface area contributed by atoms with Gasteiger partial charge in [0.2, 0.25) is 10.0 Å². The largest absolute Gasteiger partial charge is 0.399 e. The van der Waals surface area contributed by atoms with Crippen LogP contribution in [0.4, 0.5) is 11.4 Å². The molecule has 0 saturated heterocycles. The lowest BCUT2D eigenvalue weighted by Crippen LogP contribution is -2.20. The van der Waals surface area contributed by atoms with Crippen LogP contribution in [0, 0.1) is 0 Å². The fourth-order valence-electron chi connectivity index (χ4n) is 2.37. The van der Waals surface area contributed by atoms with Crippen molar-refractivity contribution in [2.24, 2.45) is 0 Å². The van der Waals surface area contributed by atoms with Gasteiger partial charge in [0.25, 0.3) is 5.91 Å². The third-order valence-electron chi connectivity index (χ3n) is 3.68. The molecule has 0 bridgehead atoms. The molecule has 0 radical (unpaired) electrons. The zero-order chi connectivity index (χ0) is 18.0. The molecule has 8 nitrogen and oxygen atoms in total. The zero-order valence-corrected chi connectivity index (χ0v) is 14.2. The van der Waals surface area contributed by atoms with Crippen LogP contribution in [0.1, 0.15) is 16.1 Å². The number of nitrogens with two attached hydrogens (primary N) is 1. The first-order valence-corrected chi connectivity index (χ1v) is 9.08. The van der Waals surface area contributed by atoms with Crippen molar-refractivity contribution >= 4 is 38.2 Å². The second-order valence-electron chi connectivity index (χ2n) is 5.49. The van der Waals surface area contributed by atoms with E-state index in [1.165, 1.54) is 7.05 Å². The highest BCUT2D eigenvalue weighted by molar-refractivity contribution is 7.88. The van der Waals surface area contributed by atoms with E-state index in [9.17, 15) is 13.2 Å². The first-order chi connectivity index (χ1) is 11.9. The SMILES string of the molecule is CNS(=O)(=O)Cc1ccc(NC(=O)c2n[nH]c3ccc(N)cc23)cc1. The van der Waals surface area contributed by atoms with E-state index >= 15 is 0 Å². The molecule has 0 aliphatic heterocycles. The summed E-state index contributed by atoms with van der Waals surface area (Å²) in [7, 11) is -1.97. The second kappa shape index (κ2) is 6.54. The number of fused-ring (bicyclic) bond motifs is 1. The van der Waals surface area contributed by atoms with Crippen molar-refractivity contribution in [3.63, 3.8) is 0 Å². The van der Waals surface area contributed by atoms with Crippen LogP contribution in [-0.2, 0) is 15.8 Å². The third kappa shape index (κ3) is 3.78. The number of H-pyrrole nitrogens is 1. The number of nitrogen functional groups attached to an aromatic ring is 1. The number of amides is 1. The maximum atomic E-state index is 12.4. The van der Waals surface area contributed by atoms with Gasteiger partial charge in [-0.1, -0.05) is 12.1 Å². The Morgan fingerprint density at radius 1 is 1.20 bits per heavy atom. The number of rotatable bonds is 5. The van der Waals surface area contributed by atoms with Crippen molar-refractivity contribution in [2.75, 3.05) is 18.1 Å². The first-order valence-electron chi connectivity index (χ1n) is 7.43. The van der Waals surface area contributed by atoms with Crippen molar-refractivity contribution in [2.45, 2.75) is 5.75 Å². The summed E-state index contributed by atoms with van der Waals surface area (Å²) in [6.07, 6.45) is 0. The highest BCUT2D eigenvalue weighted by Gasteiger charge is 2.15. The summed E-state index contributed by atoms with van der Waals surface area (Å²) in [5, 5.41) is 10.2. The average molecular weight is 359 g/mol. The van der Waals surface area contributed by atoms with E-state index in [2.05, 4.69) is 20.2 Å². The summed E-state index contributed by atoms with van der Waals surface area (Å²) >= 11 is 0. The van der Waals surface area contributed by atoms with E-state index in [-0.39, 0.29) is 17.4 Å². The van der Waals surface area contributed by atoms with Crippen molar-refractivity contribution in [1.29, 1.82) is 0 Å². The Kier molecular flexibility index (Phi) is 4.43. The lowest BCUT2D eigenvalue weighted by Gasteiger charge is -2.06. The number of hydrogen-bond donors (Lipinski definition) is 4. The molecule has 130 valence electrons. The summed E-state index contributed by atoms with van der Waals surface area (Å²) in [5.41, 5.74) is 8.40. The van der Waals surface area contributed by atoms with Crippen LogP contribution in [0.5, 0.6) is 0 Å². The highest BCUT2D eigenvalue weighted by atomic mass is 32.2. The monoisotopic (exact) mass is 359 g/mol. The number of hydrogen-bond acceptors (Lipinski definition) is 5. The highest BCUT2D eigenvalue weighted by Crippen LogP contribution is 2.20. The number of nitrogens with zero attached hydrogens (tertiary/aromatic N) is 1. The van der Waals surface area contributed by atoms with Crippen molar-refractivity contribution < 1.29 is 13.2 Å². The normalized spacial score (nSPS) is 11.6. The van der Waals surface area contributed by atoms with Crippen LogP contribution in [0.25, 0.3) is 10.9 Å². The Hall–Kier alpha value is -2.91. The Labute approximate surface area is 144 Å². The quantitative estimate of drug-likeness (QED) is 0.512. The molecule has 0 saturated carbocycles. The van der Waals surface area contributed by atoms with Crippen molar-refractivity contribution in [3.8, 4) is 0 Å². The molecule has 0 aliphatic carbocycles. The van der Waals surface area contributed by atoms with Gasteiger partial charge in [0, 0.05) is 16.8 Å². The topological polar surface area (TPSA) is 130 Å². The van der Waals surface area contributed by atoms with Crippen LogP contribution >= 0.6 is 0 Å². The van der Waals surface area contributed by atoms with Gasteiger partial charge >= 0.3 is 0 Å². The van der Waals surface area contributed by atoms with Crippen LogP contribution in [-0.4, -0.2) is 31.6 Å². The van der Waals surface area contributed by atoms with Gasteiger partial charge in [-0.3, -0.25) is 9.89 Å². The number of sulfonamides is 1. The first kappa shape index (κ1) is 16.9. The molecule has 9 heteroatoms. The van der Waals surface area contributed by atoms with E-state index in [4.69, 9.17) is 5.73 Å². The maximum absolute atomic E-state index is 12.4. The molecule has 1 heterocycles. The number of benzene rings is 2. The second-order valence-corrected chi connectivity index (χ2v) is 7.42. The van der Waals surface area contributed by atoms with Crippen LogP contribution in [0.3, 0.4) is 0 Å². The molecule has 0 unspecified atom stereocenters. The zero-order valence-electron chi connectivity index (χ0n) is 13.4. The van der Waals surface area contributed by atoms with Gasteiger partial charge in [0.05, 0.1) is 11.3 Å². The number of nitrogens with one attached hydrogen (secondary N) is 3. The standard InChI is InChI=1S/C16H17N5O3S/c1-18-25(23,24)9-10-2-5-12(6-3-10)19-16(22)15-13-8-11(17)4-7-14(13)20-21-15/h2-8,18H,9,17H2,1H3,(H,19,22)(H,20,21). The van der Waals surface area contributed by atoms with Crippen molar-refractivity contribution in [1.82, 2.24) is 14.9 Å². The molecule has 25 heavy (non-hydrogen) atoms. The summed E-state index contributed by atoms with van der Waals surface area (Å²) < 4.78 is 25.3. The number of carbonyl (C=O) groups is 1. The van der Waals surface area contributed by atoms with Crippen molar-refractivity contribution in [3.05, 3.63) is 53.7 Å². The van der Waals surface area contributed by atoms with E-state index < -0.39 is 10.0 Å². The molecule has 3 rings (SSSR count). The van der Waals surface area contributed by atoms with Gasteiger partial charge in [0.15, 0.2) is 5.69 Å². The Morgan fingerprint density at radius 3 is 2.60 bits per heavy atom. The van der Waals surface area contributed by atoms with Gasteiger partial charge < -0.3 is 11.1 Å². The molecule has 3 aromatic rings. The smallest absolute Gasteiger partial charge is 0.276 e. The number of aromatic nitrogens is 2. The molecule has 0 aliphatic rings. The predicted molar refractivity (Wildman–Crippen MR) is 96.6 cm³/mol. The number of carbonyl (C=O) groups excluding carboxylic acids is 1. The molecule has 1 amide bonds. The fourth-order valence-corrected chi connectivity index (χ4v) is 3.15. The summed E-state index contributed by atoms with van der Waals surface area (Å²) in [6.45, 7) is 0. The minimum atomic E-state index is -3.34. The molecule has 0 spiro atoms. The summed E-state index contributed by atoms with van der Waals surface area (Å²) in [5.74, 6) is -0.506. The van der Waals surface area contributed by atoms with Gasteiger partial charge in [0.1, 0.15) is 0 Å². The molecule has 5 N–H and O–H groups in total. The van der Waals surface area contributed by atoms with Crippen LogP contribution in [0.2, 0.25) is 0 Å². The lowest BCUT2D eigenvalue weighted by molar-refractivity contribution is 0.102. The molecular formula is C16H17N5O3S. The number of anilines is 2. The van der Waals surface area contributed by atoms with Crippen LogP contribution < -0.4 is 15.8 Å². The van der Waals surface area contributed by atoms with E-state index in [1.807, 2.05) is 0 Å². The van der Waals surface area contributed by atoms with E-state index in [1.54, 1.807) is 42.5 Å². The molecular weight excluding hydrogens is 342 g/mol. The fraction of sp³-hybridized carbons (Fsp3) is 0.125. The minimum absolute atomic E-state index is 0.124. The minimum Gasteiger partial charge on any atom is -0.399 e. The molecule has 0 atom stereocenters. The van der Waals surface area contributed by atoms with Crippen LogP contribution in [0.15, 0.2) is 42.5 Å². The van der Waals surface area contributed by atoms with Gasteiger partial charge in [-0.05, 0) is 42.9 Å². The number of aromatic amines is 1. The van der Waals surface area contributed by atoms with Gasteiger partial charge in [-0.25, -0.2) is 13.1 Å². The Morgan fingerprint density at radius 2 is 1.92 bits per heavy atom. The van der Waals surface area contributed by atoms with E-state index in [0.717, 1.165) is 0 Å². The maximum Gasteiger partial charge on any atom is 0.276 e. The lowest BCUT2D eigenvalue weighted by atomic mass is 10.1. The van der Waals surface area contributed by atoms with E-state index in [0.29, 0.717) is 27.8 Å².